The van der Waals surface area contributed by atoms with Crippen LogP contribution in [-0.2, 0) is 10.0 Å². The highest BCUT2D eigenvalue weighted by atomic mass is 32.2. The van der Waals surface area contributed by atoms with E-state index in [9.17, 15) is 8.42 Å². The normalized spacial score (nSPS) is 11.9. The van der Waals surface area contributed by atoms with E-state index in [-0.39, 0.29) is 4.90 Å². The van der Waals surface area contributed by atoms with Crippen LogP contribution in [-0.4, -0.2) is 8.42 Å². The van der Waals surface area contributed by atoms with Gasteiger partial charge >= 0.3 is 0 Å². The molecule has 0 atom stereocenters. The van der Waals surface area contributed by atoms with Crippen LogP contribution in [0.25, 0.3) is 0 Å². The van der Waals surface area contributed by atoms with Crippen LogP contribution in [0.2, 0.25) is 0 Å². The Morgan fingerprint density at radius 2 is 1.26 bits per heavy atom. The Kier molecular flexibility index (Phi) is 3.76. The predicted molar refractivity (Wildman–Crippen MR) is 74.1 cm³/mol. The molecule has 0 aliphatic heterocycles. The molecule has 0 saturated carbocycles. The molecular formula is C14H14N2O2S. The monoisotopic (exact) mass is 274 g/mol. The summed E-state index contributed by atoms with van der Waals surface area (Å²) in [6, 6.07) is 13.7. The fourth-order valence-corrected chi connectivity index (χ4v) is 2.25. The molecule has 2 aromatic carbocycles. The lowest BCUT2D eigenvalue weighted by Crippen LogP contribution is -1.95. The van der Waals surface area contributed by atoms with Crippen LogP contribution < -0.4 is 0 Å². The first-order chi connectivity index (χ1) is 8.97. The van der Waals surface area contributed by atoms with Gasteiger partial charge in [-0.05, 0) is 38.1 Å². The molecule has 0 spiro atoms. The average molecular weight is 274 g/mol. The number of aryl methyl sites for hydroxylation is 2. The maximum atomic E-state index is 11.9. The van der Waals surface area contributed by atoms with E-state index >= 15 is 0 Å². The average Bonchev–Trinajstić information content (AvgIpc) is 2.39. The van der Waals surface area contributed by atoms with Crippen molar-refractivity contribution in [2.45, 2.75) is 18.7 Å². The summed E-state index contributed by atoms with van der Waals surface area (Å²) in [5.41, 5.74) is 2.59. The Morgan fingerprint density at radius 3 is 1.79 bits per heavy atom. The van der Waals surface area contributed by atoms with E-state index in [1.807, 2.05) is 26.0 Å². The van der Waals surface area contributed by atoms with E-state index in [0.29, 0.717) is 5.69 Å². The van der Waals surface area contributed by atoms with Gasteiger partial charge in [0.1, 0.15) is 0 Å². The van der Waals surface area contributed by atoms with Crippen LogP contribution in [0.4, 0.5) is 5.69 Å². The van der Waals surface area contributed by atoms with E-state index in [1.165, 1.54) is 12.1 Å². The molecule has 4 nitrogen and oxygen atoms in total. The largest absolute Gasteiger partial charge is 0.299 e. The van der Waals surface area contributed by atoms with E-state index < -0.39 is 10.0 Å². The first-order valence-corrected chi connectivity index (χ1v) is 7.23. The summed E-state index contributed by atoms with van der Waals surface area (Å²) >= 11 is 0. The number of benzene rings is 2. The molecule has 19 heavy (non-hydrogen) atoms. The number of sulfonamides is 1. The molecule has 0 aliphatic rings. The minimum absolute atomic E-state index is 0.147. The summed E-state index contributed by atoms with van der Waals surface area (Å²) in [5.74, 6) is 0. The lowest BCUT2D eigenvalue weighted by Gasteiger charge is -1.98. The molecule has 0 fully saturated rings. The zero-order valence-electron chi connectivity index (χ0n) is 10.7. The molecule has 0 radical (unpaired) electrons. The molecule has 0 saturated heterocycles. The Morgan fingerprint density at radius 1 is 0.789 bits per heavy atom. The SMILES string of the molecule is Cc1ccc(N=NS(=O)(=O)c2ccc(C)cc2)cc1. The smallest absolute Gasteiger partial charge is 0.198 e. The predicted octanol–water partition coefficient (Wildman–Crippen LogP) is 3.78. The van der Waals surface area contributed by atoms with Crippen molar-refractivity contribution < 1.29 is 8.42 Å². The van der Waals surface area contributed by atoms with E-state index in [0.717, 1.165) is 11.1 Å². The van der Waals surface area contributed by atoms with Crippen LogP contribution >= 0.6 is 0 Å². The number of hydrogen-bond acceptors (Lipinski definition) is 3. The summed E-state index contributed by atoms with van der Waals surface area (Å²) < 4.78 is 27.3. The Hall–Kier alpha value is -2.01. The van der Waals surface area contributed by atoms with Crippen molar-refractivity contribution in [1.29, 1.82) is 0 Å². The van der Waals surface area contributed by atoms with Crippen molar-refractivity contribution in [3.8, 4) is 0 Å². The third-order valence-electron chi connectivity index (χ3n) is 2.62. The van der Waals surface area contributed by atoms with Crippen LogP contribution in [0.1, 0.15) is 11.1 Å². The molecule has 2 aromatic rings. The fraction of sp³-hybridized carbons (Fsp3) is 0.143. The van der Waals surface area contributed by atoms with Gasteiger partial charge in [-0.2, -0.15) is 8.42 Å². The minimum atomic E-state index is -3.73. The molecule has 0 aliphatic carbocycles. The third-order valence-corrected chi connectivity index (χ3v) is 3.78. The van der Waals surface area contributed by atoms with Gasteiger partial charge in [-0.3, -0.25) is 0 Å². The second-order valence-corrected chi connectivity index (χ2v) is 5.89. The van der Waals surface area contributed by atoms with Gasteiger partial charge in [0, 0.05) is 0 Å². The number of nitrogens with zero attached hydrogens (tertiary/aromatic N) is 2. The van der Waals surface area contributed by atoms with Gasteiger partial charge in [0.2, 0.25) is 0 Å². The zero-order valence-corrected chi connectivity index (χ0v) is 11.6. The topological polar surface area (TPSA) is 58.9 Å². The third kappa shape index (κ3) is 3.48. The molecule has 0 N–H and O–H groups in total. The first kappa shape index (κ1) is 13.4. The molecule has 0 aromatic heterocycles. The summed E-state index contributed by atoms with van der Waals surface area (Å²) in [6.45, 7) is 3.84. The molecule has 0 bridgehead atoms. The van der Waals surface area contributed by atoms with Gasteiger partial charge in [0.05, 0.1) is 10.6 Å². The van der Waals surface area contributed by atoms with Gasteiger partial charge in [-0.15, -0.1) is 5.11 Å². The van der Waals surface area contributed by atoms with Gasteiger partial charge < -0.3 is 0 Å². The minimum Gasteiger partial charge on any atom is -0.198 e. The van der Waals surface area contributed by atoms with E-state index in [2.05, 4.69) is 9.63 Å². The standard InChI is InChI=1S/C14H14N2O2S/c1-11-3-7-13(8-4-11)15-16-19(17,18)14-9-5-12(2)6-10-14/h3-10H,1-2H3. The lowest BCUT2D eigenvalue weighted by atomic mass is 10.2. The molecule has 0 unspecified atom stereocenters. The zero-order chi connectivity index (χ0) is 13.9. The summed E-state index contributed by atoms with van der Waals surface area (Å²) in [7, 11) is -3.73. The van der Waals surface area contributed by atoms with Crippen molar-refractivity contribution in [3.05, 3.63) is 59.7 Å². The quantitative estimate of drug-likeness (QED) is 0.800. The maximum Gasteiger partial charge on any atom is 0.299 e. The van der Waals surface area contributed by atoms with Gasteiger partial charge in [-0.1, -0.05) is 39.9 Å². The first-order valence-electron chi connectivity index (χ1n) is 5.79. The van der Waals surface area contributed by atoms with Crippen molar-refractivity contribution in [2.75, 3.05) is 0 Å². The second kappa shape index (κ2) is 5.32. The highest BCUT2D eigenvalue weighted by Gasteiger charge is 2.12. The van der Waals surface area contributed by atoms with Crippen molar-refractivity contribution in [3.63, 3.8) is 0 Å². The van der Waals surface area contributed by atoms with E-state index in [1.54, 1.807) is 24.3 Å². The highest BCUT2D eigenvalue weighted by Crippen LogP contribution is 2.18. The number of hydrogen-bond donors (Lipinski definition) is 0. The number of rotatable bonds is 3. The van der Waals surface area contributed by atoms with E-state index in [4.69, 9.17) is 0 Å². The van der Waals surface area contributed by atoms with Crippen LogP contribution in [0.3, 0.4) is 0 Å². The van der Waals surface area contributed by atoms with Crippen molar-refractivity contribution >= 4 is 15.7 Å². The highest BCUT2D eigenvalue weighted by molar-refractivity contribution is 7.90. The van der Waals surface area contributed by atoms with Gasteiger partial charge in [0.25, 0.3) is 10.0 Å². The van der Waals surface area contributed by atoms with Crippen LogP contribution in [0.15, 0.2) is 63.1 Å². The van der Waals surface area contributed by atoms with Crippen LogP contribution in [0, 0.1) is 13.8 Å². The van der Waals surface area contributed by atoms with Crippen molar-refractivity contribution in [1.82, 2.24) is 0 Å². The molecule has 98 valence electrons. The Labute approximate surface area is 112 Å². The molecular weight excluding hydrogens is 260 g/mol. The summed E-state index contributed by atoms with van der Waals surface area (Å²) in [5, 5.41) is 3.75. The summed E-state index contributed by atoms with van der Waals surface area (Å²) in [6.07, 6.45) is 0. The molecule has 5 heteroatoms. The van der Waals surface area contributed by atoms with Gasteiger partial charge in [-0.25, -0.2) is 0 Å². The lowest BCUT2D eigenvalue weighted by molar-refractivity contribution is 0.595. The fourth-order valence-electron chi connectivity index (χ4n) is 1.47. The molecule has 0 heterocycles. The van der Waals surface area contributed by atoms with Crippen molar-refractivity contribution in [2.24, 2.45) is 9.63 Å². The maximum absolute atomic E-state index is 11.9. The summed E-state index contributed by atoms with van der Waals surface area (Å²) in [4.78, 5) is 0.147. The van der Waals surface area contributed by atoms with Gasteiger partial charge in [0.15, 0.2) is 0 Å². The Balaban J connectivity index is 2.26. The molecule has 2 rings (SSSR count). The Bertz CT molecular complexity index is 687. The second-order valence-electron chi connectivity index (χ2n) is 4.31. The molecule has 0 amide bonds. The van der Waals surface area contributed by atoms with Crippen LogP contribution in [0.5, 0.6) is 0 Å².